The van der Waals surface area contributed by atoms with Crippen molar-refractivity contribution in [3.05, 3.63) is 47.8 Å². The van der Waals surface area contributed by atoms with Crippen molar-refractivity contribution in [2.75, 3.05) is 17.2 Å². The Morgan fingerprint density at radius 1 is 1.19 bits per heavy atom. The molecule has 2 N–H and O–H groups in total. The number of fused-ring (bicyclic) bond motifs is 1. The van der Waals surface area contributed by atoms with E-state index in [1.54, 1.807) is 11.8 Å². The maximum Gasteiger partial charge on any atom is 0.146 e. The Morgan fingerprint density at radius 2 is 1.90 bits per heavy atom. The van der Waals surface area contributed by atoms with Gasteiger partial charge in [0.05, 0.1) is 23.7 Å². The van der Waals surface area contributed by atoms with Gasteiger partial charge in [-0.1, -0.05) is 12.1 Å². The lowest BCUT2D eigenvalue weighted by molar-refractivity contribution is 0.337. The van der Waals surface area contributed by atoms with E-state index in [4.69, 9.17) is 4.74 Å². The Balaban J connectivity index is 1.63. The third kappa shape index (κ3) is 3.08. The fourth-order valence-corrected chi connectivity index (χ4v) is 3.35. The monoisotopic (exact) mass is 301 g/mol. The molecular formula is C16H19N3OS. The van der Waals surface area contributed by atoms with Gasteiger partial charge in [0.1, 0.15) is 11.2 Å². The first kappa shape index (κ1) is 14.1. The molecule has 4 nitrogen and oxygen atoms in total. The topological polar surface area (TPSA) is 46.2 Å². The minimum absolute atomic E-state index is 0.180. The van der Waals surface area contributed by atoms with E-state index in [1.165, 1.54) is 0 Å². The molecule has 0 spiro atoms. The van der Waals surface area contributed by atoms with Crippen LogP contribution in [0, 0.1) is 6.92 Å². The summed E-state index contributed by atoms with van der Waals surface area (Å²) in [7, 11) is 0. The van der Waals surface area contributed by atoms with Crippen LogP contribution in [0.4, 0.5) is 11.4 Å². The van der Waals surface area contributed by atoms with E-state index < -0.39 is 0 Å². The molecule has 0 amide bonds. The van der Waals surface area contributed by atoms with Crippen molar-refractivity contribution < 1.29 is 4.74 Å². The van der Waals surface area contributed by atoms with Crippen molar-refractivity contribution in [3.8, 4) is 5.75 Å². The highest BCUT2D eigenvalue weighted by molar-refractivity contribution is 7.99. The third-order valence-electron chi connectivity index (χ3n) is 3.45. The molecule has 3 rings (SSSR count). The zero-order valence-corrected chi connectivity index (χ0v) is 13.0. The first-order valence-electron chi connectivity index (χ1n) is 7.09. The van der Waals surface area contributed by atoms with Crippen LogP contribution in [0.15, 0.2) is 36.5 Å². The van der Waals surface area contributed by atoms with E-state index >= 15 is 0 Å². The van der Waals surface area contributed by atoms with E-state index in [0.29, 0.717) is 6.61 Å². The lowest BCUT2D eigenvalue weighted by atomic mass is 10.2. The quantitative estimate of drug-likeness (QED) is 0.878. The predicted molar refractivity (Wildman–Crippen MR) is 88.9 cm³/mol. The minimum Gasteiger partial charge on any atom is -0.493 e. The Hall–Kier alpha value is -1.88. The minimum atomic E-state index is 0.180. The molecule has 0 radical (unpaired) electrons. The Labute approximate surface area is 129 Å². The molecule has 0 fully saturated rings. The fourth-order valence-electron chi connectivity index (χ4n) is 2.32. The van der Waals surface area contributed by atoms with Gasteiger partial charge >= 0.3 is 0 Å². The van der Waals surface area contributed by atoms with Gasteiger partial charge in [0.25, 0.3) is 0 Å². The van der Waals surface area contributed by atoms with E-state index in [0.717, 1.165) is 34.1 Å². The number of anilines is 2. The number of nitrogens with zero attached hydrogens (tertiary/aromatic N) is 1. The second-order valence-corrected chi connectivity index (χ2v) is 5.93. The summed E-state index contributed by atoms with van der Waals surface area (Å²) in [5, 5.41) is 6.91. The van der Waals surface area contributed by atoms with E-state index in [9.17, 15) is 0 Å². The first-order valence-corrected chi connectivity index (χ1v) is 8.14. The molecule has 2 aromatic rings. The maximum absolute atomic E-state index is 5.62. The SMILES string of the molecule is CCOc1ccnc(CSC2Nc3ccccc3N2)c1C. The molecule has 0 saturated carbocycles. The lowest BCUT2D eigenvalue weighted by Gasteiger charge is -2.14. The summed E-state index contributed by atoms with van der Waals surface area (Å²) in [6, 6.07) is 10.2. The Morgan fingerprint density at radius 3 is 2.57 bits per heavy atom. The number of benzene rings is 1. The summed E-state index contributed by atoms with van der Waals surface area (Å²) >= 11 is 1.79. The van der Waals surface area contributed by atoms with Crippen LogP contribution < -0.4 is 15.4 Å². The van der Waals surface area contributed by atoms with Crippen LogP contribution in [0.25, 0.3) is 0 Å². The molecule has 21 heavy (non-hydrogen) atoms. The highest BCUT2D eigenvalue weighted by atomic mass is 32.2. The molecule has 1 aliphatic rings. The highest BCUT2D eigenvalue weighted by Gasteiger charge is 2.19. The van der Waals surface area contributed by atoms with Crippen molar-refractivity contribution >= 4 is 23.1 Å². The van der Waals surface area contributed by atoms with Crippen LogP contribution in [0.2, 0.25) is 0 Å². The van der Waals surface area contributed by atoms with Gasteiger partial charge in [0, 0.05) is 17.5 Å². The van der Waals surface area contributed by atoms with Crippen molar-refractivity contribution in [3.63, 3.8) is 0 Å². The molecule has 0 atom stereocenters. The molecule has 0 saturated heterocycles. The average Bonchev–Trinajstić information content (AvgIpc) is 2.91. The van der Waals surface area contributed by atoms with E-state index in [2.05, 4.69) is 34.7 Å². The largest absolute Gasteiger partial charge is 0.493 e. The molecule has 110 valence electrons. The summed E-state index contributed by atoms with van der Waals surface area (Å²) in [4.78, 5) is 4.47. The number of aromatic nitrogens is 1. The van der Waals surface area contributed by atoms with Gasteiger partial charge in [-0.15, -0.1) is 11.8 Å². The van der Waals surface area contributed by atoms with Crippen molar-refractivity contribution in [1.29, 1.82) is 0 Å². The Kier molecular flexibility index (Phi) is 4.20. The van der Waals surface area contributed by atoms with Gasteiger partial charge in [-0.2, -0.15) is 0 Å². The first-order chi connectivity index (χ1) is 10.3. The smallest absolute Gasteiger partial charge is 0.146 e. The number of ether oxygens (including phenoxy) is 1. The summed E-state index contributed by atoms with van der Waals surface area (Å²) in [6.45, 7) is 4.74. The van der Waals surface area contributed by atoms with Gasteiger partial charge < -0.3 is 15.4 Å². The van der Waals surface area contributed by atoms with Gasteiger partial charge in [-0.25, -0.2) is 0 Å². The molecule has 0 unspecified atom stereocenters. The number of pyridine rings is 1. The number of thioether (sulfide) groups is 1. The fraction of sp³-hybridized carbons (Fsp3) is 0.312. The molecule has 1 aliphatic heterocycles. The van der Waals surface area contributed by atoms with Gasteiger partial charge in [0.2, 0.25) is 0 Å². The summed E-state index contributed by atoms with van der Waals surface area (Å²) < 4.78 is 5.62. The number of hydrogen-bond donors (Lipinski definition) is 2. The normalized spacial score (nSPS) is 13.4. The van der Waals surface area contributed by atoms with Crippen molar-refractivity contribution in [2.45, 2.75) is 25.1 Å². The summed E-state index contributed by atoms with van der Waals surface area (Å²) in [5.74, 6) is 1.77. The zero-order valence-electron chi connectivity index (χ0n) is 12.2. The number of para-hydroxylation sites is 2. The van der Waals surface area contributed by atoms with Crippen LogP contribution in [-0.4, -0.2) is 17.1 Å². The second-order valence-electron chi connectivity index (χ2n) is 4.84. The van der Waals surface area contributed by atoms with Crippen molar-refractivity contribution in [2.24, 2.45) is 0 Å². The molecule has 1 aromatic heterocycles. The standard InChI is InChI=1S/C16H19N3OS/c1-3-20-15-8-9-17-14(11(15)2)10-21-16-18-12-6-4-5-7-13(12)19-16/h4-9,16,18-19H,3,10H2,1-2H3. The third-order valence-corrected chi connectivity index (χ3v) is 4.45. The van der Waals surface area contributed by atoms with Crippen LogP contribution >= 0.6 is 11.8 Å². The highest BCUT2D eigenvalue weighted by Crippen LogP contribution is 2.33. The van der Waals surface area contributed by atoms with Crippen LogP contribution in [0.3, 0.4) is 0 Å². The van der Waals surface area contributed by atoms with E-state index in [1.807, 2.05) is 31.3 Å². The van der Waals surface area contributed by atoms with Crippen LogP contribution in [0.1, 0.15) is 18.2 Å². The zero-order chi connectivity index (χ0) is 14.7. The predicted octanol–water partition coefficient (Wildman–Crippen LogP) is 3.84. The van der Waals surface area contributed by atoms with E-state index in [-0.39, 0.29) is 5.50 Å². The molecular weight excluding hydrogens is 282 g/mol. The molecule has 1 aromatic carbocycles. The van der Waals surface area contributed by atoms with Crippen molar-refractivity contribution in [1.82, 2.24) is 4.98 Å². The number of nitrogens with one attached hydrogen (secondary N) is 2. The summed E-state index contributed by atoms with van der Waals surface area (Å²) in [5.41, 5.74) is 4.69. The Bertz CT molecular complexity index is 608. The van der Waals surface area contributed by atoms with Crippen LogP contribution in [0.5, 0.6) is 5.75 Å². The summed E-state index contributed by atoms with van der Waals surface area (Å²) in [6.07, 6.45) is 1.82. The number of hydrogen-bond acceptors (Lipinski definition) is 5. The molecule has 0 aliphatic carbocycles. The molecule has 0 bridgehead atoms. The van der Waals surface area contributed by atoms with Crippen LogP contribution in [-0.2, 0) is 5.75 Å². The molecule has 2 heterocycles. The number of rotatable bonds is 5. The van der Waals surface area contributed by atoms with Gasteiger partial charge in [-0.3, -0.25) is 4.98 Å². The lowest BCUT2D eigenvalue weighted by Crippen LogP contribution is -2.17. The van der Waals surface area contributed by atoms with Gasteiger partial charge in [0.15, 0.2) is 0 Å². The van der Waals surface area contributed by atoms with Gasteiger partial charge in [-0.05, 0) is 32.0 Å². The molecule has 5 heteroatoms. The average molecular weight is 301 g/mol. The second kappa shape index (κ2) is 6.26. The maximum atomic E-state index is 5.62.